The van der Waals surface area contributed by atoms with Crippen LogP contribution in [0.5, 0.6) is 11.5 Å². The second kappa shape index (κ2) is 10.0. The van der Waals surface area contributed by atoms with Crippen molar-refractivity contribution >= 4 is 11.6 Å². The third-order valence-corrected chi connectivity index (χ3v) is 7.54. The van der Waals surface area contributed by atoms with Crippen molar-refractivity contribution in [3.63, 3.8) is 0 Å². The van der Waals surface area contributed by atoms with Gasteiger partial charge in [-0.3, -0.25) is 14.9 Å². The van der Waals surface area contributed by atoms with Crippen LogP contribution in [0, 0.1) is 6.92 Å². The molecule has 6 rings (SSSR count). The van der Waals surface area contributed by atoms with E-state index in [1.807, 2.05) is 26.0 Å². The fourth-order valence-corrected chi connectivity index (χ4v) is 5.29. The Morgan fingerprint density at radius 3 is 2.55 bits per heavy atom. The van der Waals surface area contributed by atoms with Crippen molar-refractivity contribution in [2.75, 3.05) is 13.1 Å². The smallest absolute Gasteiger partial charge is 0.443 e. The molecule has 8 nitrogen and oxygen atoms in total. The minimum atomic E-state index is -4.69. The average Bonchev–Trinajstić information content (AvgIpc) is 3.56. The molecule has 0 saturated carbocycles. The number of ether oxygens (including phenoxy) is 2. The Hall–Kier alpha value is -3.70. The van der Waals surface area contributed by atoms with Gasteiger partial charge in [0.15, 0.2) is 11.5 Å². The molecule has 2 aliphatic heterocycles. The topological polar surface area (TPSA) is 86.4 Å². The van der Waals surface area contributed by atoms with E-state index in [9.17, 15) is 13.2 Å². The number of alkyl halides is 3. The van der Waals surface area contributed by atoms with Gasteiger partial charge in [0.2, 0.25) is 5.82 Å². The van der Waals surface area contributed by atoms with E-state index in [2.05, 4.69) is 35.6 Å². The Balaban J connectivity index is 1.11. The quantitative estimate of drug-likeness (QED) is 0.267. The number of pyridine rings is 2. The van der Waals surface area contributed by atoms with Crippen molar-refractivity contribution in [2.45, 2.75) is 51.1 Å². The zero-order valence-corrected chi connectivity index (χ0v) is 22.5. The Bertz CT molecular complexity index is 1540. The van der Waals surface area contributed by atoms with E-state index in [4.69, 9.17) is 21.1 Å². The number of hydrogen-bond acceptors (Lipinski definition) is 8. The minimum Gasteiger partial charge on any atom is -0.443 e. The third kappa shape index (κ3) is 5.11. The van der Waals surface area contributed by atoms with Gasteiger partial charge in [-0.15, -0.1) is 0 Å². The molecular weight excluding hydrogens is 547 g/mol. The molecule has 3 aromatic heterocycles. The van der Waals surface area contributed by atoms with Crippen molar-refractivity contribution in [1.29, 1.82) is 0 Å². The van der Waals surface area contributed by atoms with E-state index >= 15 is 0 Å². The third-order valence-electron chi connectivity index (χ3n) is 7.32. The SMILES string of the molecule is Cc1cc(-c2noc(C(F)(F)F)n2)cnc1CN1CCC(c2cccc3c2OC(C)(c2ccc(Cl)cn2)O3)CC1. The van der Waals surface area contributed by atoms with Gasteiger partial charge in [-0.2, -0.15) is 18.2 Å². The lowest BCUT2D eigenvalue weighted by molar-refractivity contribution is -0.159. The van der Waals surface area contributed by atoms with Gasteiger partial charge in [0.25, 0.3) is 5.79 Å². The molecule has 0 aliphatic carbocycles. The summed E-state index contributed by atoms with van der Waals surface area (Å²) in [7, 11) is 0. The summed E-state index contributed by atoms with van der Waals surface area (Å²) in [5, 5.41) is 3.99. The van der Waals surface area contributed by atoms with Gasteiger partial charge in [0.1, 0.15) is 5.69 Å². The molecule has 1 fully saturated rings. The zero-order valence-electron chi connectivity index (χ0n) is 21.7. The molecule has 0 N–H and O–H groups in total. The largest absolute Gasteiger partial charge is 0.471 e. The van der Waals surface area contributed by atoms with Gasteiger partial charge >= 0.3 is 12.1 Å². The summed E-state index contributed by atoms with van der Waals surface area (Å²) in [5.41, 5.74) is 3.83. The lowest BCUT2D eigenvalue weighted by Crippen LogP contribution is -2.34. The normalized spacial score (nSPS) is 19.8. The molecule has 0 amide bonds. The van der Waals surface area contributed by atoms with E-state index in [0.29, 0.717) is 34.5 Å². The molecule has 2 aliphatic rings. The first-order valence-electron chi connectivity index (χ1n) is 12.8. The van der Waals surface area contributed by atoms with Crippen LogP contribution >= 0.6 is 11.6 Å². The Morgan fingerprint density at radius 2 is 1.88 bits per heavy atom. The molecule has 12 heteroatoms. The van der Waals surface area contributed by atoms with Crippen LogP contribution in [-0.4, -0.2) is 38.1 Å². The van der Waals surface area contributed by atoms with Crippen molar-refractivity contribution < 1.29 is 27.2 Å². The lowest BCUT2D eigenvalue weighted by atomic mass is 9.88. The number of hydrogen-bond donors (Lipinski definition) is 0. The van der Waals surface area contributed by atoms with Crippen LogP contribution in [-0.2, 0) is 18.5 Å². The van der Waals surface area contributed by atoms with Crippen LogP contribution in [0.15, 0.2) is 53.3 Å². The zero-order chi connectivity index (χ0) is 28.1. The van der Waals surface area contributed by atoms with Crippen molar-refractivity contribution in [3.8, 4) is 22.9 Å². The standard InChI is InChI=1S/C28H25ClF3N5O3/c1-16-12-18(25-35-26(40-36-25)28(30,31)32)13-33-21(16)15-37-10-8-17(9-11-37)20-4-3-5-22-24(20)39-27(2,38-22)23-7-6-19(29)14-34-23/h3-7,12-14,17H,8-11,15H2,1-2H3. The highest BCUT2D eigenvalue weighted by Crippen LogP contribution is 2.49. The van der Waals surface area contributed by atoms with Gasteiger partial charge in [0.05, 0.1) is 10.7 Å². The van der Waals surface area contributed by atoms with Crippen LogP contribution in [0.1, 0.15) is 54.1 Å². The van der Waals surface area contributed by atoms with Gasteiger partial charge in [-0.05, 0) is 68.6 Å². The van der Waals surface area contributed by atoms with Gasteiger partial charge in [-0.25, -0.2) is 0 Å². The van der Waals surface area contributed by atoms with Crippen molar-refractivity contribution in [2.24, 2.45) is 0 Å². The van der Waals surface area contributed by atoms with Crippen LogP contribution in [0.25, 0.3) is 11.4 Å². The molecule has 4 aromatic rings. The maximum Gasteiger partial charge on any atom is 0.471 e. The number of likely N-dealkylation sites (tertiary alicyclic amines) is 1. The van der Waals surface area contributed by atoms with Crippen LogP contribution in [0.2, 0.25) is 5.02 Å². The molecule has 0 spiro atoms. The summed E-state index contributed by atoms with van der Waals surface area (Å²) in [6.07, 6.45) is 0.225. The molecule has 208 valence electrons. The summed E-state index contributed by atoms with van der Waals surface area (Å²) < 4.78 is 55.3. The van der Waals surface area contributed by atoms with Gasteiger partial charge in [0, 0.05) is 37.0 Å². The number of aryl methyl sites for hydroxylation is 1. The van der Waals surface area contributed by atoms with Crippen molar-refractivity contribution in [3.05, 3.63) is 82.2 Å². The molecule has 1 aromatic carbocycles. The van der Waals surface area contributed by atoms with E-state index in [-0.39, 0.29) is 5.82 Å². The second-order valence-electron chi connectivity index (χ2n) is 10.1. The Labute approximate surface area is 233 Å². The summed E-state index contributed by atoms with van der Waals surface area (Å²) >= 11 is 6.00. The van der Waals surface area contributed by atoms with E-state index < -0.39 is 17.9 Å². The number of aromatic nitrogens is 4. The second-order valence-corrected chi connectivity index (χ2v) is 10.6. The number of nitrogens with zero attached hydrogens (tertiary/aromatic N) is 5. The van der Waals surface area contributed by atoms with E-state index in [1.54, 1.807) is 24.4 Å². The van der Waals surface area contributed by atoms with E-state index in [1.165, 1.54) is 6.20 Å². The fourth-order valence-electron chi connectivity index (χ4n) is 5.18. The predicted molar refractivity (Wildman–Crippen MR) is 139 cm³/mol. The Kier molecular flexibility index (Phi) is 6.66. The monoisotopic (exact) mass is 571 g/mol. The lowest BCUT2D eigenvalue weighted by Gasteiger charge is -2.32. The average molecular weight is 572 g/mol. The summed E-state index contributed by atoms with van der Waals surface area (Å²) in [6.45, 7) is 6.07. The Morgan fingerprint density at radius 1 is 1.07 bits per heavy atom. The predicted octanol–water partition coefficient (Wildman–Crippen LogP) is 6.53. The van der Waals surface area contributed by atoms with Gasteiger partial charge < -0.3 is 14.0 Å². The number of para-hydroxylation sites is 1. The molecule has 0 radical (unpaired) electrons. The summed E-state index contributed by atoms with van der Waals surface area (Å²) in [6, 6.07) is 11.3. The first-order chi connectivity index (χ1) is 19.1. The number of fused-ring (bicyclic) bond motifs is 1. The molecule has 40 heavy (non-hydrogen) atoms. The highest BCUT2D eigenvalue weighted by atomic mass is 35.5. The maximum atomic E-state index is 12.8. The summed E-state index contributed by atoms with van der Waals surface area (Å²) in [5.74, 6) is -0.798. The molecule has 1 unspecified atom stereocenters. The molecule has 1 atom stereocenters. The first kappa shape index (κ1) is 26.5. The number of piperidine rings is 1. The minimum absolute atomic E-state index is 0.139. The first-order valence-corrected chi connectivity index (χ1v) is 13.2. The van der Waals surface area contributed by atoms with Crippen LogP contribution < -0.4 is 9.47 Å². The van der Waals surface area contributed by atoms with E-state index in [0.717, 1.165) is 48.5 Å². The van der Waals surface area contributed by atoms with Crippen LogP contribution in [0.4, 0.5) is 13.2 Å². The molecular formula is C28H25ClF3N5O3. The molecule has 1 saturated heterocycles. The highest BCUT2D eigenvalue weighted by molar-refractivity contribution is 6.30. The number of benzene rings is 1. The van der Waals surface area contributed by atoms with Gasteiger partial charge in [-0.1, -0.05) is 28.9 Å². The maximum absolute atomic E-state index is 12.8. The van der Waals surface area contributed by atoms with Crippen LogP contribution in [0.3, 0.4) is 0 Å². The fraction of sp³-hybridized carbons (Fsp3) is 0.357. The molecule has 5 heterocycles. The number of rotatable bonds is 5. The molecule has 0 bridgehead atoms. The van der Waals surface area contributed by atoms with Crippen molar-refractivity contribution in [1.82, 2.24) is 25.0 Å². The highest BCUT2D eigenvalue weighted by Gasteiger charge is 2.42. The number of halogens is 4. The summed E-state index contributed by atoms with van der Waals surface area (Å²) in [4.78, 5) is 14.7.